The number of piperidine rings is 1. The molecule has 2 fully saturated rings. The van der Waals surface area contributed by atoms with Gasteiger partial charge in [-0.15, -0.1) is 0 Å². The minimum Gasteiger partial charge on any atom is -0.493 e. The van der Waals surface area contributed by atoms with Gasteiger partial charge in [-0.1, -0.05) is 31.9 Å². The summed E-state index contributed by atoms with van der Waals surface area (Å²) in [6, 6.07) is 3.21. The van der Waals surface area contributed by atoms with Crippen LogP contribution in [0.4, 0.5) is 0 Å². The fourth-order valence-corrected chi connectivity index (χ4v) is 5.22. The quantitative estimate of drug-likeness (QED) is 0.400. The van der Waals surface area contributed by atoms with Crippen molar-refractivity contribution in [2.24, 2.45) is 5.92 Å². The molecule has 0 N–H and O–H groups in total. The predicted molar refractivity (Wildman–Crippen MR) is 126 cm³/mol. The number of carbonyl (C=O) groups excluding carboxylic acids is 2. The van der Waals surface area contributed by atoms with Gasteiger partial charge >= 0.3 is 5.97 Å². The van der Waals surface area contributed by atoms with E-state index in [9.17, 15) is 9.59 Å². The second kappa shape index (κ2) is 12.0. The van der Waals surface area contributed by atoms with Crippen molar-refractivity contribution in [3.63, 3.8) is 0 Å². The number of benzene rings is 1. The number of methoxy groups -OCH3 is 3. The van der Waals surface area contributed by atoms with Gasteiger partial charge in [0, 0.05) is 6.54 Å². The summed E-state index contributed by atoms with van der Waals surface area (Å²) in [4.78, 5) is 28.6. The van der Waals surface area contributed by atoms with E-state index in [0.29, 0.717) is 30.2 Å². The molecule has 1 aliphatic carbocycles. The third kappa shape index (κ3) is 5.63. The van der Waals surface area contributed by atoms with E-state index in [0.717, 1.165) is 44.1 Å². The summed E-state index contributed by atoms with van der Waals surface area (Å²) in [6.45, 7) is 4.32. The Morgan fingerprint density at radius 2 is 1.64 bits per heavy atom. The summed E-state index contributed by atoms with van der Waals surface area (Å²) in [6.07, 6.45) is 9.29. The number of ether oxygens (including phenoxy) is 4. The third-order valence-corrected chi connectivity index (χ3v) is 6.83. The zero-order valence-electron chi connectivity index (χ0n) is 20.1. The van der Waals surface area contributed by atoms with E-state index in [1.54, 1.807) is 32.3 Å². The number of carbonyl (C=O) groups is 2. The van der Waals surface area contributed by atoms with Crippen LogP contribution in [-0.4, -0.2) is 57.3 Å². The van der Waals surface area contributed by atoms with Gasteiger partial charge < -0.3 is 23.8 Å². The highest BCUT2D eigenvalue weighted by atomic mass is 16.5. The molecular formula is C26H37NO6. The number of hydrogen-bond acceptors (Lipinski definition) is 6. The molecule has 182 valence electrons. The smallest absolute Gasteiger partial charge is 0.329 e. The summed E-state index contributed by atoms with van der Waals surface area (Å²) in [5, 5.41) is 0. The van der Waals surface area contributed by atoms with Gasteiger partial charge in [0.2, 0.25) is 11.7 Å². The molecule has 1 aromatic carbocycles. The topological polar surface area (TPSA) is 74.3 Å². The first-order valence-electron chi connectivity index (χ1n) is 11.9. The van der Waals surface area contributed by atoms with Crippen molar-refractivity contribution >= 4 is 11.9 Å². The Balaban J connectivity index is 2.01. The van der Waals surface area contributed by atoms with E-state index in [1.165, 1.54) is 6.42 Å². The van der Waals surface area contributed by atoms with Gasteiger partial charge in [-0.05, 0) is 55.7 Å². The number of nitrogens with zero attached hydrogens (tertiary/aromatic N) is 1. The van der Waals surface area contributed by atoms with Gasteiger partial charge in [-0.3, -0.25) is 4.79 Å². The first-order chi connectivity index (χ1) is 16.0. The third-order valence-electron chi connectivity index (χ3n) is 6.83. The van der Waals surface area contributed by atoms with Crippen molar-refractivity contribution in [3.05, 3.63) is 30.4 Å². The zero-order chi connectivity index (χ0) is 23.8. The molecule has 1 amide bonds. The van der Waals surface area contributed by atoms with Gasteiger partial charge in [-0.25, -0.2) is 4.79 Å². The molecule has 7 heteroatoms. The van der Waals surface area contributed by atoms with Crippen molar-refractivity contribution in [1.29, 1.82) is 0 Å². The molecule has 1 aromatic rings. The van der Waals surface area contributed by atoms with E-state index >= 15 is 0 Å². The Labute approximate surface area is 197 Å². The average molecular weight is 460 g/mol. The molecule has 1 unspecified atom stereocenters. The predicted octanol–water partition coefficient (Wildman–Crippen LogP) is 4.49. The standard InChI is InChI=1S/C26H37NO6/c1-5-15-33-26(29)20-13-9-10-14-27(20)25(28)23(18-11-7-6-8-12-18)19-16-21(30-2)24(32-4)22(17-19)31-3/h5,16-18,20,23H,1,6-15H2,2-4H3/t20-,23?/m0/s1. The highest BCUT2D eigenvalue weighted by Crippen LogP contribution is 2.45. The van der Waals surface area contributed by atoms with Crippen LogP contribution in [-0.2, 0) is 14.3 Å². The first-order valence-corrected chi connectivity index (χ1v) is 11.9. The molecule has 2 atom stereocenters. The molecule has 0 aromatic heterocycles. The molecule has 33 heavy (non-hydrogen) atoms. The largest absolute Gasteiger partial charge is 0.493 e. The lowest BCUT2D eigenvalue weighted by atomic mass is 9.75. The lowest BCUT2D eigenvalue weighted by Crippen LogP contribution is -2.51. The normalized spacial score (nSPS) is 20.0. The van der Waals surface area contributed by atoms with E-state index < -0.39 is 6.04 Å². The fourth-order valence-electron chi connectivity index (χ4n) is 5.22. The Hall–Kier alpha value is -2.70. The highest BCUT2D eigenvalue weighted by Gasteiger charge is 2.40. The summed E-state index contributed by atoms with van der Waals surface area (Å²) < 4.78 is 22.0. The number of hydrogen-bond donors (Lipinski definition) is 0. The van der Waals surface area contributed by atoms with Gasteiger partial charge in [0.05, 0.1) is 27.2 Å². The van der Waals surface area contributed by atoms with Crippen molar-refractivity contribution < 1.29 is 28.5 Å². The minimum atomic E-state index is -0.556. The van der Waals surface area contributed by atoms with Crippen molar-refractivity contribution in [2.75, 3.05) is 34.5 Å². The van der Waals surface area contributed by atoms with Crippen LogP contribution >= 0.6 is 0 Å². The van der Waals surface area contributed by atoms with Crippen molar-refractivity contribution in [1.82, 2.24) is 4.90 Å². The molecule has 1 aliphatic heterocycles. The molecule has 0 radical (unpaired) electrons. The Morgan fingerprint density at radius 1 is 1.00 bits per heavy atom. The fraction of sp³-hybridized carbons (Fsp3) is 0.615. The minimum absolute atomic E-state index is 0.0172. The number of rotatable bonds is 9. The van der Waals surface area contributed by atoms with Gasteiger partial charge in [-0.2, -0.15) is 0 Å². The lowest BCUT2D eigenvalue weighted by molar-refractivity contribution is -0.157. The van der Waals surface area contributed by atoms with Crippen LogP contribution in [0.5, 0.6) is 17.2 Å². The Kier molecular flexibility index (Phi) is 9.03. The van der Waals surface area contributed by atoms with Crippen molar-refractivity contribution in [2.45, 2.75) is 63.3 Å². The Bertz CT molecular complexity index is 807. The second-order valence-corrected chi connectivity index (χ2v) is 8.80. The van der Waals surface area contributed by atoms with E-state index in [2.05, 4.69) is 6.58 Å². The molecule has 2 aliphatic rings. The summed E-state index contributed by atoms with van der Waals surface area (Å²) in [5.74, 6) is 1.00. The maximum Gasteiger partial charge on any atom is 0.329 e. The van der Waals surface area contributed by atoms with E-state index in [1.807, 2.05) is 12.1 Å². The maximum atomic E-state index is 14.1. The maximum absolute atomic E-state index is 14.1. The van der Waals surface area contributed by atoms with Crippen LogP contribution in [0.3, 0.4) is 0 Å². The molecule has 1 saturated carbocycles. The molecular weight excluding hydrogens is 422 g/mol. The summed E-state index contributed by atoms with van der Waals surface area (Å²) in [7, 11) is 4.72. The van der Waals surface area contributed by atoms with Gasteiger partial charge in [0.1, 0.15) is 12.6 Å². The molecule has 7 nitrogen and oxygen atoms in total. The van der Waals surface area contributed by atoms with Crippen LogP contribution in [0.2, 0.25) is 0 Å². The highest BCUT2D eigenvalue weighted by molar-refractivity contribution is 5.89. The van der Waals surface area contributed by atoms with Crippen LogP contribution in [0.1, 0.15) is 62.8 Å². The monoisotopic (exact) mass is 459 g/mol. The molecule has 1 heterocycles. The summed E-state index contributed by atoms with van der Waals surface area (Å²) in [5.41, 5.74) is 0.838. The van der Waals surface area contributed by atoms with Crippen LogP contribution in [0.25, 0.3) is 0 Å². The zero-order valence-corrected chi connectivity index (χ0v) is 20.1. The SMILES string of the molecule is C=CCOC(=O)[C@@H]1CCCCN1C(=O)C(c1cc(OC)c(OC)c(OC)c1)C1CCCCC1. The molecule has 1 saturated heterocycles. The number of amides is 1. The average Bonchev–Trinajstić information content (AvgIpc) is 2.87. The van der Waals surface area contributed by atoms with Gasteiger partial charge in [0.15, 0.2) is 11.5 Å². The number of esters is 1. The van der Waals surface area contributed by atoms with E-state index in [-0.39, 0.29) is 30.3 Å². The van der Waals surface area contributed by atoms with Gasteiger partial charge in [0.25, 0.3) is 0 Å². The number of likely N-dealkylation sites (tertiary alicyclic amines) is 1. The molecule has 3 rings (SSSR count). The van der Waals surface area contributed by atoms with Crippen LogP contribution < -0.4 is 14.2 Å². The lowest BCUT2D eigenvalue weighted by Gasteiger charge is -2.39. The first kappa shape index (κ1) is 24.9. The van der Waals surface area contributed by atoms with E-state index in [4.69, 9.17) is 18.9 Å². The molecule has 0 spiro atoms. The van der Waals surface area contributed by atoms with Crippen molar-refractivity contribution in [3.8, 4) is 17.2 Å². The second-order valence-electron chi connectivity index (χ2n) is 8.80. The molecule has 0 bridgehead atoms. The van der Waals surface area contributed by atoms with Crippen LogP contribution in [0.15, 0.2) is 24.8 Å². The summed E-state index contributed by atoms with van der Waals surface area (Å²) >= 11 is 0. The van der Waals surface area contributed by atoms with Crippen LogP contribution in [0, 0.1) is 5.92 Å². The Morgan fingerprint density at radius 3 is 2.21 bits per heavy atom.